The molecule has 2 nitrogen and oxygen atoms in total. The summed E-state index contributed by atoms with van der Waals surface area (Å²) in [5.41, 5.74) is 1.49. The van der Waals surface area contributed by atoms with Gasteiger partial charge in [0.25, 0.3) is 0 Å². The molecule has 0 amide bonds. The van der Waals surface area contributed by atoms with E-state index in [1.165, 1.54) is 11.1 Å². The van der Waals surface area contributed by atoms with E-state index < -0.39 is 11.7 Å². The van der Waals surface area contributed by atoms with E-state index in [1.54, 1.807) is 13.8 Å². The Bertz CT molecular complexity index is 428. The molecule has 0 bridgehead atoms. The number of hydrogen-bond donors (Lipinski definition) is 2. The van der Waals surface area contributed by atoms with Crippen LogP contribution >= 0.6 is 0 Å². The standard InChI is InChI=1S/C16H22O2/c1-11-9-13(12-7-5-4-6-8-12)15(14(17)10-11)16(2,3)18/h4-8,10,13-15,17-18H,9H2,1-3H3/t13?,14-,15+/m1/s1. The van der Waals surface area contributed by atoms with Gasteiger partial charge < -0.3 is 10.2 Å². The van der Waals surface area contributed by atoms with Gasteiger partial charge in [-0.25, -0.2) is 0 Å². The van der Waals surface area contributed by atoms with Crippen LogP contribution in [0.3, 0.4) is 0 Å². The zero-order valence-corrected chi connectivity index (χ0v) is 11.3. The molecule has 1 aromatic rings. The van der Waals surface area contributed by atoms with Crippen LogP contribution in [0.4, 0.5) is 0 Å². The van der Waals surface area contributed by atoms with Crippen LogP contribution in [0.1, 0.15) is 38.7 Å². The molecule has 0 spiro atoms. The highest BCUT2D eigenvalue weighted by molar-refractivity contribution is 5.27. The highest BCUT2D eigenvalue weighted by Gasteiger charge is 2.41. The Balaban J connectivity index is 2.40. The summed E-state index contributed by atoms with van der Waals surface area (Å²) in [7, 11) is 0. The van der Waals surface area contributed by atoms with Gasteiger partial charge in [0, 0.05) is 5.92 Å². The van der Waals surface area contributed by atoms with Crippen LogP contribution < -0.4 is 0 Å². The second kappa shape index (κ2) is 4.87. The van der Waals surface area contributed by atoms with Gasteiger partial charge in [-0.05, 0) is 38.7 Å². The summed E-state index contributed by atoms with van der Waals surface area (Å²) in [5.74, 6) is 0.00907. The van der Waals surface area contributed by atoms with E-state index in [9.17, 15) is 10.2 Å². The van der Waals surface area contributed by atoms with E-state index in [0.717, 1.165) is 6.42 Å². The number of hydrogen-bond acceptors (Lipinski definition) is 2. The van der Waals surface area contributed by atoms with Crippen LogP contribution in [0.2, 0.25) is 0 Å². The maximum atomic E-state index is 10.3. The van der Waals surface area contributed by atoms with Crippen molar-refractivity contribution in [2.24, 2.45) is 5.92 Å². The van der Waals surface area contributed by atoms with E-state index in [1.807, 2.05) is 31.2 Å². The Morgan fingerprint density at radius 1 is 1.17 bits per heavy atom. The van der Waals surface area contributed by atoms with Gasteiger partial charge in [-0.2, -0.15) is 0 Å². The normalized spacial score (nSPS) is 28.9. The maximum absolute atomic E-state index is 10.3. The van der Waals surface area contributed by atoms with Gasteiger partial charge in [0.05, 0.1) is 11.7 Å². The van der Waals surface area contributed by atoms with Crippen molar-refractivity contribution in [1.82, 2.24) is 0 Å². The largest absolute Gasteiger partial charge is 0.390 e. The fourth-order valence-corrected chi connectivity index (χ4v) is 3.11. The van der Waals surface area contributed by atoms with Crippen LogP contribution in [-0.4, -0.2) is 21.9 Å². The lowest BCUT2D eigenvalue weighted by Crippen LogP contribution is -2.44. The molecule has 1 aromatic carbocycles. The molecule has 1 unspecified atom stereocenters. The second-order valence-electron chi connectivity index (χ2n) is 5.90. The summed E-state index contributed by atoms with van der Waals surface area (Å²) >= 11 is 0. The molecule has 0 radical (unpaired) electrons. The maximum Gasteiger partial charge on any atom is 0.0784 e. The average Bonchev–Trinajstić information content (AvgIpc) is 2.27. The third-order valence-corrected chi connectivity index (χ3v) is 3.84. The first-order valence-corrected chi connectivity index (χ1v) is 6.52. The summed E-state index contributed by atoms with van der Waals surface area (Å²) in [4.78, 5) is 0. The highest BCUT2D eigenvalue weighted by Crippen LogP contribution is 2.42. The van der Waals surface area contributed by atoms with Crippen molar-refractivity contribution < 1.29 is 10.2 Å². The third kappa shape index (κ3) is 2.65. The van der Waals surface area contributed by atoms with E-state index in [4.69, 9.17) is 0 Å². The number of rotatable bonds is 2. The van der Waals surface area contributed by atoms with Crippen molar-refractivity contribution in [3.05, 3.63) is 47.5 Å². The fourth-order valence-electron chi connectivity index (χ4n) is 3.11. The molecule has 1 aliphatic carbocycles. The molecule has 0 aromatic heterocycles. The van der Waals surface area contributed by atoms with Crippen LogP contribution in [0, 0.1) is 5.92 Å². The minimum absolute atomic E-state index is 0.163. The van der Waals surface area contributed by atoms with Crippen molar-refractivity contribution in [3.8, 4) is 0 Å². The zero-order valence-electron chi connectivity index (χ0n) is 11.3. The molecule has 0 heterocycles. The number of aliphatic hydroxyl groups excluding tert-OH is 1. The lowest BCUT2D eigenvalue weighted by atomic mass is 9.68. The SMILES string of the molecule is CC1=C[C@@H](O)[C@@H](C(C)(C)O)C(c2ccccc2)C1. The van der Waals surface area contributed by atoms with E-state index in [2.05, 4.69) is 12.1 Å². The van der Waals surface area contributed by atoms with Crippen molar-refractivity contribution in [2.75, 3.05) is 0 Å². The van der Waals surface area contributed by atoms with Gasteiger partial charge in [0.1, 0.15) is 0 Å². The zero-order chi connectivity index (χ0) is 13.3. The number of allylic oxidation sites excluding steroid dienone is 1. The first-order chi connectivity index (χ1) is 8.39. The van der Waals surface area contributed by atoms with Crippen LogP contribution in [0.15, 0.2) is 42.0 Å². The number of aliphatic hydroxyl groups is 2. The summed E-state index contributed by atoms with van der Waals surface area (Å²) < 4.78 is 0. The molecular weight excluding hydrogens is 224 g/mol. The molecule has 0 fully saturated rings. The summed E-state index contributed by atoms with van der Waals surface area (Å²) in [6.07, 6.45) is 2.20. The van der Waals surface area contributed by atoms with E-state index >= 15 is 0 Å². The van der Waals surface area contributed by atoms with Gasteiger partial charge in [-0.1, -0.05) is 42.0 Å². The first-order valence-electron chi connectivity index (χ1n) is 6.52. The summed E-state index contributed by atoms with van der Waals surface area (Å²) in [6, 6.07) is 10.2. The van der Waals surface area contributed by atoms with Crippen molar-refractivity contribution in [2.45, 2.75) is 44.8 Å². The molecular formula is C16H22O2. The minimum atomic E-state index is -0.892. The van der Waals surface area contributed by atoms with Gasteiger partial charge in [0.15, 0.2) is 0 Å². The molecule has 1 aliphatic rings. The third-order valence-electron chi connectivity index (χ3n) is 3.84. The predicted molar refractivity (Wildman–Crippen MR) is 73.4 cm³/mol. The van der Waals surface area contributed by atoms with Gasteiger partial charge >= 0.3 is 0 Å². The molecule has 0 aliphatic heterocycles. The second-order valence-corrected chi connectivity index (χ2v) is 5.90. The molecule has 98 valence electrons. The van der Waals surface area contributed by atoms with Gasteiger partial charge in [-0.3, -0.25) is 0 Å². The fraction of sp³-hybridized carbons (Fsp3) is 0.500. The van der Waals surface area contributed by atoms with Crippen molar-refractivity contribution >= 4 is 0 Å². The summed E-state index contributed by atoms with van der Waals surface area (Å²) in [5, 5.41) is 20.6. The lowest BCUT2D eigenvalue weighted by molar-refractivity contribution is -0.0476. The molecule has 0 saturated carbocycles. The molecule has 2 rings (SSSR count). The quantitative estimate of drug-likeness (QED) is 0.788. The van der Waals surface area contributed by atoms with Crippen molar-refractivity contribution in [3.63, 3.8) is 0 Å². The Morgan fingerprint density at radius 3 is 2.33 bits per heavy atom. The monoisotopic (exact) mass is 246 g/mol. The Kier molecular flexibility index (Phi) is 3.60. The number of benzene rings is 1. The summed E-state index contributed by atoms with van der Waals surface area (Å²) in [6.45, 7) is 5.61. The Hall–Kier alpha value is -1.12. The van der Waals surface area contributed by atoms with E-state index in [0.29, 0.717) is 0 Å². The topological polar surface area (TPSA) is 40.5 Å². The Labute approximate surface area is 109 Å². The van der Waals surface area contributed by atoms with Gasteiger partial charge in [0.2, 0.25) is 0 Å². The molecule has 3 atom stereocenters. The van der Waals surface area contributed by atoms with E-state index in [-0.39, 0.29) is 11.8 Å². The molecule has 18 heavy (non-hydrogen) atoms. The lowest BCUT2D eigenvalue weighted by Gasteiger charge is -2.41. The first kappa shape index (κ1) is 13.3. The highest BCUT2D eigenvalue weighted by atomic mass is 16.3. The van der Waals surface area contributed by atoms with Crippen molar-refractivity contribution in [1.29, 1.82) is 0 Å². The van der Waals surface area contributed by atoms with Crippen LogP contribution in [0.5, 0.6) is 0 Å². The minimum Gasteiger partial charge on any atom is -0.390 e. The van der Waals surface area contributed by atoms with Crippen LogP contribution in [-0.2, 0) is 0 Å². The average molecular weight is 246 g/mol. The molecule has 2 heteroatoms. The molecule has 2 N–H and O–H groups in total. The molecule has 0 saturated heterocycles. The van der Waals surface area contributed by atoms with Crippen LogP contribution in [0.25, 0.3) is 0 Å². The smallest absolute Gasteiger partial charge is 0.0784 e. The Morgan fingerprint density at radius 2 is 1.78 bits per heavy atom. The predicted octanol–water partition coefficient (Wildman–Crippen LogP) is 2.87. The van der Waals surface area contributed by atoms with Gasteiger partial charge in [-0.15, -0.1) is 0 Å².